The lowest BCUT2D eigenvalue weighted by atomic mass is 9.85. The second-order valence-electron chi connectivity index (χ2n) is 5.95. The van der Waals surface area contributed by atoms with Gasteiger partial charge in [0.25, 0.3) is 5.91 Å². The van der Waals surface area contributed by atoms with Gasteiger partial charge in [0.05, 0.1) is 0 Å². The summed E-state index contributed by atoms with van der Waals surface area (Å²) < 4.78 is 0. The van der Waals surface area contributed by atoms with Crippen LogP contribution in [0.5, 0.6) is 0 Å². The summed E-state index contributed by atoms with van der Waals surface area (Å²) in [5, 5.41) is 3.39. The van der Waals surface area contributed by atoms with Crippen LogP contribution in [0, 0.1) is 0 Å². The van der Waals surface area contributed by atoms with Crippen molar-refractivity contribution in [3.8, 4) is 0 Å². The molecule has 1 fully saturated rings. The van der Waals surface area contributed by atoms with Gasteiger partial charge in [0.1, 0.15) is 0 Å². The van der Waals surface area contributed by atoms with E-state index in [9.17, 15) is 4.79 Å². The first-order valence-corrected chi connectivity index (χ1v) is 7.86. The van der Waals surface area contributed by atoms with E-state index in [-0.39, 0.29) is 11.9 Å². The summed E-state index contributed by atoms with van der Waals surface area (Å²) in [7, 11) is 0. The molecule has 1 saturated heterocycles. The van der Waals surface area contributed by atoms with Crippen LogP contribution in [0.3, 0.4) is 0 Å². The summed E-state index contributed by atoms with van der Waals surface area (Å²) in [5.74, 6) is -0.561. The van der Waals surface area contributed by atoms with Crippen molar-refractivity contribution in [2.24, 2.45) is 16.5 Å². The van der Waals surface area contributed by atoms with E-state index in [1.807, 2.05) is 12.1 Å². The SMILES string of the molecule is NC(N)=NC(=O)c1ccc2c(c1)C(N1CCNCC1)CCC2. The predicted molar refractivity (Wildman–Crippen MR) is 86.7 cm³/mol. The van der Waals surface area contributed by atoms with E-state index in [0.717, 1.165) is 39.0 Å². The van der Waals surface area contributed by atoms with Crippen molar-refractivity contribution in [1.82, 2.24) is 10.2 Å². The van der Waals surface area contributed by atoms with Crippen LogP contribution in [0.15, 0.2) is 23.2 Å². The molecular formula is C16H23N5O. The number of aliphatic imine (C=N–C) groups is 1. The zero-order chi connectivity index (χ0) is 15.5. The molecule has 0 bridgehead atoms. The van der Waals surface area contributed by atoms with Crippen LogP contribution in [0.25, 0.3) is 0 Å². The van der Waals surface area contributed by atoms with Gasteiger partial charge >= 0.3 is 0 Å². The van der Waals surface area contributed by atoms with Crippen LogP contribution in [0.1, 0.15) is 40.4 Å². The summed E-state index contributed by atoms with van der Waals surface area (Å²) in [6.45, 7) is 4.16. The Balaban J connectivity index is 1.90. The molecule has 1 heterocycles. The first-order valence-electron chi connectivity index (χ1n) is 7.86. The highest BCUT2D eigenvalue weighted by atomic mass is 16.1. The number of rotatable bonds is 2. The predicted octanol–water partition coefficient (Wildman–Crippen LogP) is 0.383. The molecule has 22 heavy (non-hydrogen) atoms. The van der Waals surface area contributed by atoms with Gasteiger partial charge in [-0.25, -0.2) is 0 Å². The molecule has 3 rings (SSSR count). The Kier molecular flexibility index (Phi) is 4.40. The Morgan fingerprint density at radius 1 is 1.27 bits per heavy atom. The number of hydrogen-bond acceptors (Lipinski definition) is 3. The lowest BCUT2D eigenvalue weighted by molar-refractivity contribution is 0.100. The van der Waals surface area contributed by atoms with Gasteiger partial charge in [-0.05, 0) is 42.5 Å². The summed E-state index contributed by atoms with van der Waals surface area (Å²) in [6, 6.07) is 6.26. The summed E-state index contributed by atoms with van der Waals surface area (Å²) in [5.41, 5.74) is 13.8. The highest BCUT2D eigenvalue weighted by Gasteiger charge is 2.27. The number of nitrogens with two attached hydrogens (primary N) is 2. The number of carbonyl (C=O) groups excluding carboxylic acids is 1. The van der Waals surface area contributed by atoms with Gasteiger partial charge < -0.3 is 16.8 Å². The third kappa shape index (κ3) is 3.13. The van der Waals surface area contributed by atoms with Crippen LogP contribution in [0.4, 0.5) is 0 Å². The molecule has 0 aromatic heterocycles. The second-order valence-corrected chi connectivity index (χ2v) is 5.95. The van der Waals surface area contributed by atoms with Crippen molar-refractivity contribution in [3.63, 3.8) is 0 Å². The van der Waals surface area contributed by atoms with Crippen molar-refractivity contribution in [2.75, 3.05) is 26.2 Å². The molecule has 0 spiro atoms. The number of benzene rings is 1. The first kappa shape index (κ1) is 15.0. The maximum atomic E-state index is 12.1. The number of aryl methyl sites for hydroxylation is 1. The van der Waals surface area contributed by atoms with Gasteiger partial charge in [0.2, 0.25) is 0 Å². The van der Waals surface area contributed by atoms with Crippen molar-refractivity contribution >= 4 is 11.9 Å². The Morgan fingerprint density at radius 3 is 2.77 bits per heavy atom. The average molecular weight is 301 g/mol. The third-order valence-electron chi connectivity index (χ3n) is 4.50. The fraction of sp³-hybridized carbons (Fsp3) is 0.500. The monoisotopic (exact) mass is 301 g/mol. The minimum atomic E-state index is -0.368. The van der Waals surface area contributed by atoms with Crippen molar-refractivity contribution in [3.05, 3.63) is 34.9 Å². The molecule has 1 atom stereocenters. The first-order chi connectivity index (χ1) is 10.6. The molecular weight excluding hydrogens is 278 g/mol. The topological polar surface area (TPSA) is 96.7 Å². The Labute approximate surface area is 130 Å². The van der Waals surface area contributed by atoms with Crippen LogP contribution < -0.4 is 16.8 Å². The zero-order valence-corrected chi connectivity index (χ0v) is 12.7. The number of piperazine rings is 1. The number of amides is 1. The lowest BCUT2D eigenvalue weighted by Gasteiger charge is -2.38. The smallest absolute Gasteiger partial charge is 0.280 e. The normalized spacial score (nSPS) is 21.9. The second kappa shape index (κ2) is 6.46. The van der Waals surface area contributed by atoms with Gasteiger partial charge in [0.15, 0.2) is 5.96 Å². The average Bonchev–Trinajstić information content (AvgIpc) is 2.54. The standard InChI is InChI=1S/C16H23N5O/c17-16(18)20-15(22)12-5-4-11-2-1-3-14(13(11)10-12)21-8-6-19-7-9-21/h4-5,10,14,19H,1-3,6-9H2,(H4,17,18,20,22). The quantitative estimate of drug-likeness (QED) is 0.542. The van der Waals surface area contributed by atoms with E-state index >= 15 is 0 Å². The number of carbonyl (C=O) groups is 1. The minimum absolute atomic E-state index is 0.193. The Hall–Kier alpha value is -1.92. The summed E-state index contributed by atoms with van der Waals surface area (Å²) in [6.07, 6.45) is 3.42. The number of nitrogens with one attached hydrogen (secondary N) is 1. The minimum Gasteiger partial charge on any atom is -0.370 e. The number of fused-ring (bicyclic) bond motifs is 1. The van der Waals surface area contributed by atoms with Crippen molar-refractivity contribution in [2.45, 2.75) is 25.3 Å². The maximum Gasteiger partial charge on any atom is 0.280 e. The summed E-state index contributed by atoms with van der Waals surface area (Å²) in [4.78, 5) is 18.2. The van der Waals surface area contributed by atoms with Crippen molar-refractivity contribution < 1.29 is 4.79 Å². The molecule has 0 saturated carbocycles. The van der Waals surface area contributed by atoms with E-state index in [1.54, 1.807) is 0 Å². The lowest BCUT2D eigenvalue weighted by Crippen LogP contribution is -2.45. The number of hydrogen-bond donors (Lipinski definition) is 3. The van der Waals surface area contributed by atoms with Crippen molar-refractivity contribution in [1.29, 1.82) is 0 Å². The largest absolute Gasteiger partial charge is 0.370 e. The molecule has 2 aliphatic rings. The molecule has 1 aliphatic carbocycles. The van der Waals surface area contributed by atoms with Crippen LogP contribution in [-0.2, 0) is 6.42 Å². The van der Waals surface area contributed by atoms with Crippen LogP contribution in [-0.4, -0.2) is 42.9 Å². The number of nitrogens with zero attached hydrogens (tertiary/aromatic N) is 2. The van der Waals surface area contributed by atoms with Gasteiger partial charge in [-0.3, -0.25) is 9.69 Å². The molecule has 1 amide bonds. The van der Waals surface area contributed by atoms with Crippen LogP contribution >= 0.6 is 0 Å². The Morgan fingerprint density at radius 2 is 2.05 bits per heavy atom. The maximum absolute atomic E-state index is 12.1. The Bertz CT molecular complexity index is 588. The fourth-order valence-electron chi connectivity index (χ4n) is 3.46. The van der Waals surface area contributed by atoms with E-state index in [2.05, 4.69) is 21.3 Å². The third-order valence-corrected chi connectivity index (χ3v) is 4.50. The molecule has 6 nitrogen and oxygen atoms in total. The number of guanidine groups is 1. The summed E-state index contributed by atoms with van der Waals surface area (Å²) >= 11 is 0. The highest BCUT2D eigenvalue weighted by Crippen LogP contribution is 2.35. The zero-order valence-electron chi connectivity index (χ0n) is 12.7. The van der Waals surface area contributed by atoms with E-state index in [1.165, 1.54) is 17.5 Å². The van der Waals surface area contributed by atoms with Crippen LogP contribution in [0.2, 0.25) is 0 Å². The molecule has 5 N–H and O–H groups in total. The molecule has 1 aliphatic heterocycles. The van der Waals surface area contributed by atoms with Gasteiger partial charge in [-0.15, -0.1) is 0 Å². The van der Waals surface area contributed by atoms with Gasteiger partial charge in [-0.1, -0.05) is 6.07 Å². The molecule has 1 aromatic rings. The molecule has 0 radical (unpaired) electrons. The van der Waals surface area contributed by atoms with E-state index in [0.29, 0.717) is 11.6 Å². The molecule has 1 unspecified atom stereocenters. The van der Waals surface area contributed by atoms with E-state index < -0.39 is 0 Å². The molecule has 1 aromatic carbocycles. The van der Waals surface area contributed by atoms with E-state index in [4.69, 9.17) is 11.5 Å². The van der Waals surface area contributed by atoms with Gasteiger partial charge in [-0.2, -0.15) is 4.99 Å². The van der Waals surface area contributed by atoms with Gasteiger partial charge in [0, 0.05) is 37.8 Å². The highest BCUT2D eigenvalue weighted by molar-refractivity contribution is 6.02. The fourth-order valence-corrected chi connectivity index (χ4v) is 3.46. The molecule has 6 heteroatoms. The molecule has 118 valence electrons.